The van der Waals surface area contributed by atoms with Gasteiger partial charge in [-0.05, 0) is 30.9 Å². The second-order valence-corrected chi connectivity index (χ2v) is 8.75. The van der Waals surface area contributed by atoms with E-state index in [1.165, 1.54) is 5.56 Å². The number of carbonyl (C=O) groups is 2. The fourth-order valence-corrected chi connectivity index (χ4v) is 4.53. The summed E-state index contributed by atoms with van der Waals surface area (Å²) < 4.78 is 22.7. The van der Waals surface area contributed by atoms with Gasteiger partial charge in [0.15, 0.2) is 9.84 Å². The highest BCUT2D eigenvalue weighted by Gasteiger charge is 2.28. The van der Waals surface area contributed by atoms with Crippen molar-refractivity contribution in [2.75, 3.05) is 18.1 Å². The van der Waals surface area contributed by atoms with Crippen LogP contribution in [0.1, 0.15) is 43.7 Å². The Bertz CT molecular complexity index is 713. The maximum Gasteiger partial charge on any atom is 0.227 e. The molecule has 0 aromatic heterocycles. The number of sulfone groups is 1. The lowest BCUT2D eigenvalue weighted by atomic mass is 9.98. The fourth-order valence-electron chi connectivity index (χ4n) is 2.85. The molecule has 0 unspecified atom stereocenters. The molecule has 2 amide bonds. The highest BCUT2D eigenvalue weighted by Crippen LogP contribution is 2.16. The first kappa shape index (κ1) is 19.4. The summed E-state index contributed by atoms with van der Waals surface area (Å²) in [6.45, 7) is 4.15. The molecule has 138 valence electrons. The Labute approximate surface area is 149 Å². The van der Waals surface area contributed by atoms with Gasteiger partial charge in [0.05, 0.1) is 17.4 Å². The lowest BCUT2D eigenvalue weighted by molar-refractivity contribution is -0.123. The Kier molecular flexibility index (Phi) is 6.58. The van der Waals surface area contributed by atoms with Crippen LogP contribution in [0.4, 0.5) is 0 Å². The zero-order valence-electron chi connectivity index (χ0n) is 14.7. The first-order valence-electron chi connectivity index (χ1n) is 8.67. The smallest absolute Gasteiger partial charge is 0.227 e. The van der Waals surface area contributed by atoms with Crippen molar-refractivity contribution in [3.05, 3.63) is 35.4 Å². The molecule has 0 radical (unpaired) electrons. The van der Waals surface area contributed by atoms with Crippen molar-refractivity contribution in [3.8, 4) is 0 Å². The molecule has 2 atom stereocenters. The van der Waals surface area contributed by atoms with E-state index in [1.807, 2.05) is 31.2 Å². The van der Waals surface area contributed by atoms with Gasteiger partial charge >= 0.3 is 0 Å². The van der Waals surface area contributed by atoms with Crippen molar-refractivity contribution in [1.29, 1.82) is 0 Å². The molecule has 1 fully saturated rings. The van der Waals surface area contributed by atoms with E-state index in [-0.39, 0.29) is 48.2 Å². The minimum Gasteiger partial charge on any atom is -0.355 e. The van der Waals surface area contributed by atoms with E-state index in [9.17, 15) is 18.0 Å². The molecule has 1 saturated heterocycles. The Balaban J connectivity index is 1.73. The van der Waals surface area contributed by atoms with Crippen LogP contribution < -0.4 is 10.6 Å². The summed E-state index contributed by atoms with van der Waals surface area (Å²) in [5, 5.41) is 5.48. The number of hydrogen-bond donors (Lipinski definition) is 2. The van der Waals surface area contributed by atoms with Gasteiger partial charge in [-0.15, -0.1) is 0 Å². The molecule has 6 nitrogen and oxygen atoms in total. The molecular formula is C18H26N2O4S. The maximum absolute atomic E-state index is 12.2. The fraction of sp³-hybridized carbons (Fsp3) is 0.556. The first-order valence-corrected chi connectivity index (χ1v) is 10.5. The molecule has 2 rings (SSSR count). The molecule has 0 spiro atoms. The second kappa shape index (κ2) is 8.47. The van der Waals surface area contributed by atoms with Crippen LogP contribution in [0.15, 0.2) is 24.3 Å². The zero-order valence-corrected chi connectivity index (χ0v) is 15.6. The summed E-state index contributed by atoms with van der Waals surface area (Å²) in [6.07, 6.45) is 1.56. The van der Waals surface area contributed by atoms with E-state index >= 15 is 0 Å². The van der Waals surface area contributed by atoms with Crippen LogP contribution in [0.25, 0.3) is 0 Å². The van der Waals surface area contributed by atoms with Crippen LogP contribution in [-0.2, 0) is 25.8 Å². The molecule has 1 heterocycles. The average molecular weight is 366 g/mol. The third-order valence-electron chi connectivity index (χ3n) is 4.53. The lowest BCUT2D eigenvalue weighted by Gasteiger charge is -2.14. The van der Waals surface area contributed by atoms with Gasteiger partial charge < -0.3 is 10.6 Å². The summed E-state index contributed by atoms with van der Waals surface area (Å²) in [5.41, 5.74) is 2.16. The molecule has 25 heavy (non-hydrogen) atoms. The van der Waals surface area contributed by atoms with E-state index < -0.39 is 9.84 Å². The summed E-state index contributed by atoms with van der Waals surface area (Å²) in [4.78, 5) is 24.0. The molecule has 2 N–H and O–H groups in total. The van der Waals surface area contributed by atoms with Gasteiger partial charge in [-0.1, -0.05) is 31.2 Å². The average Bonchev–Trinajstić information content (AvgIpc) is 2.92. The van der Waals surface area contributed by atoms with Gasteiger partial charge in [-0.25, -0.2) is 8.42 Å². The van der Waals surface area contributed by atoms with Crippen LogP contribution >= 0.6 is 0 Å². The zero-order chi connectivity index (χ0) is 18.4. The van der Waals surface area contributed by atoms with Gasteiger partial charge in [-0.2, -0.15) is 0 Å². The van der Waals surface area contributed by atoms with Crippen LogP contribution in [-0.4, -0.2) is 44.3 Å². The standard InChI is InChI=1S/C18H26N2O4S/c1-3-14-4-6-15(7-5-14)13(2)18(22)19-10-8-17(21)20-16-9-11-25(23,24)12-16/h4-7,13,16H,3,8-12H2,1-2H3,(H,19,22)(H,20,21)/t13-,16+/m0/s1. The number of rotatable bonds is 7. The third-order valence-corrected chi connectivity index (χ3v) is 6.30. The number of carbonyl (C=O) groups excluding carboxylic acids is 2. The predicted molar refractivity (Wildman–Crippen MR) is 97.1 cm³/mol. The number of benzene rings is 1. The number of nitrogens with one attached hydrogen (secondary N) is 2. The number of hydrogen-bond acceptors (Lipinski definition) is 4. The summed E-state index contributed by atoms with van der Waals surface area (Å²) in [7, 11) is -3.01. The molecule has 1 aliphatic rings. The van der Waals surface area contributed by atoms with Crippen LogP contribution in [0, 0.1) is 0 Å². The van der Waals surface area contributed by atoms with E-state index in [4.69, 9.17) is 0 Å². The highest BCUT2D eigenvalue weighted by molar-refractivity contribution is 7.91. The number of aryl methyl sites for hydroxylation is 1. The maximum atomic E-state index is 12.2. The topological polar surface area (TPSA) is 92.3 Å². The van der Waals surface area contributed by atoms with Gasteiger partial charge in [0, 0.05) is 19.0 Å². The second-order valence-electron chi connectivity index (χ2n) is 6.53. The molecule has 1 aliphatic heterocycles. The van der Waals surface area contributed by atoms with Gasteiger partial charge in [0.2, 0.25) is 11.8 Å². The molecule has 7 heteroatoms. The summed E-state index contributed by atoms with van der Waals surface area (Å²) >= 11 is 0. The highest BCUT2D eigenvalue weighted by atomic mass is 32.2. The minimum absolute atomic E-state index is 0.00981. The molecule has 0 bridgehead atoms. The van der Waals surface area contributed by atoms with E-state index in [0.717, 1.165) is 12.0 Å². The normalized spacial score (nSPS) is 20.0. The summed E-state index contributed by atoms with van der Waals surface area (Å²) in [5.74, 6) is -0.504. The van der Waals surface area contributed by atoms with Crippen LogP contribution in [0.3, 0.4) is 0 Å². The monoisotopic (exact) mass is 366 g/mol. The van der Waals surface area contributed by atoms with Crippen molar-refractivity contribution in [1.82, 2.24) is 10.6 Å². The largest absolute Gasteiger partial charge is 0.355 e. The van der Waals surface area contributed by atoms with Crippen LogP contribution in [0.2, 0.25) is 0 Å². The SMILES string of the molecule is CCc1ccc([C@H](C)C(=O)NCCC(=O)N[C@@H]2CCS(=O)(=O)C2)cc1. The van der Waals surface area contributed by atoms with Crippen molar-refractivity contribution in [2.45, 2.75) is 45.1 Å². The molecule has 0 saturated carbocycles. The molecule has 1 aromatic carbocycles. The minimum atomic E-state index is -3.01. The molecule has 1 aromatic rings. The van der Waals surface area contributed by atoms with Gasteiger partial charge in [-0.3, -0.25) is 9.59 Å². The predicted octanol–water partition coefficient (Wildman–Crippen LogP) is 1.16. The first-order chi connectivity index (χ1) is 11.8. The lowest BCUT2D eigenvalue weighted by Crippen LogP contribution is -2.38. The molecular weight excluding hydrogens is 340 g/mol. The van der Waals surface area contributed by atoms with Crippen molar-refractivity contribution in [2.24, 2.45) is 0 Å². The van der Waals surface area contributed by atoms with Crippen molar-refractivity contribution in [3.63, 3.8) is 0 Å². The van der Waals surface area contributed by atoms with Gasteiger partial charge in [0.25, 0.3) is 0 Å². The quantitative estimate of drug-likeness (QED) is 0.757. The Morgan fingerprint density at radius 2 is 1.92 bits per heavy atom. The van der Waals surface area contributed by atoms with Crippen LogP contribution in [0.5, 0.6) is 0 Å². The third kappa shape index (κ3) is 5.85. The number of amides is 2. The van der Waals surface area contributed by atoms with E-state index in [0.29, 0.717) is 6.42 Å². The summed E-state index contributed by atoms with van der Waals surface area (Å²) in [6, 6.07) is 7.64. The van der Waals surface area contributed by atoms with Gasteiger partial charge in [0.1, 0.15) is 0 Å². The van der Waals surface area contributed by atoms with Crippen molar-refractivity contribution >= 4 is 21.7 Å². The Hall–Kier alpha value is -1.89. The Morgan fingerprint density at radius 3 is 2.48 bits per heavy atom. The van der Waals surface area contributed by atoms with E-state index in [2.05, 4.69) is 17.6 Å². The van der Waals surface area contributed by atoms with E-state index in [1.54, 1.807) is 0 Å². The molecule has 0 aliphatic carbocycles. The van der Waals surface area contributed by atoms with Crippen molar-refractivity contribution < 1.29 is 18.0 Å². The Morgan fingerprint density at radius 1 is 1.24 bits per heavy atom.